The number of aliphatic hydroxyl groups excluding tert-OH is 1. The Hall–Kier alpha value is -0.0400. The summed E-state index contributed by atoms with van der Waals surface area (Å²) in [5.74, 6) is 0.678. The quantitative estimate of drug-likeness (QED) is 0.621. The van der Waals surface area contributed by atoms with E-state index in [1.165, 1.54) is 25.7 Å². The maximum absolute atomic E-state index is 9.41. The molecule has 0 heterocycles. The molecule has 0 amide bonds. The van der Waals surface area contributed by atoms with Crippen LogP contribution in [0.5, 0.6) is 0 Å². The van der Waals surface area contributed by atoms with E-state index >= 15 is 0 Å². The Morgan fingerprint density at radius 2 is 2.20 bits per heavy atom. The predicted molar refractivity (Wildman–Crippen MR) is 40.7 cm³/mol. The summed E-state index contributed by atoms with van der Waals surface area (Å²) in [6.07, 6.45) is 6.45. The van der Waals surface area contributed by atoms with Gasteiger partial charge in [0.1, 0.15) is 0 Å². The highest BCUT2D eigenvalue weighted by molar-refractivity contribution is 5.09. The van der Waals surface area contributed by atoms with Crippen LogP contribution in [-0.4, -0.2) is 11.2 Å². The molecule has 1 spiro atoms. The number of hydrogen-bond donors (Lipinski definition) is 1. The smallest absolute Gasteiger partial charge is 0.0579 e. The van der Waals surface area contributed by atoms with Gasteiger partial charge >= 0.3 is 0 Å². The van der Waals surface area contributed by atoms with Crippen LogP contribution in [0.15, 0.2) is 0 Å². The first-order valence-electron chi connectivity index (χ1n) is 4.46. The van der Waals surface area contributed by atoms with E-state index in [1.807, 2.05) is 0 Å². The highest BCUT2D eigenvalue weighted by Gasteiger charge is 2.59. The van der Waals surface area contributed by atoms with Gasteiger partial charge in [-0.3, -0.25) is 0 Å². The van der Waals surface area contributed by atoms with Crippen molar-refractivity contribution in [3.05, 3.63) is 0 Å². The zero-order valence-corrected chi connectivity index (χ0v) is 6.64. The van der Waals surface area contributed by atoms with Crippen molar-refractivity contribution >= 4 is 0 Å². The van der Waals surface area contributed by atoms with Crippen LogP contribution in [-0.2, 0) is 0 Å². The normalized spacial score (nSPS) is 41.4. The molecule has 2 aliphatic rings. The first-order chi connectivity index (χ1) is 4.78. The average molecular weight is 140 g/mol. The molecule has 1 heteroatoms. The van der Waals surface area contributed by atoms with Crippen LogP contribution in [0.4, 0.5) is 0 Å². The predicted octanol–water partition coefficient (Wildman–Crippen LogP) is 1.95. The summed E-state index contributed by atoms with van der Waals surface area (Å²) in [5.41, 5.74) is 0.662. The molecule has 0 aromatic rings. The van der Waals surface area contributed by atoms with Crippen LogP contribution in [0.1, 0.15) is 39.0 Å². The average Bonchev–Trinajstić information content (AvgIpc) is 2.65. The zero-order valence-electron chi connectivity index (χ0n) is 6.64. The van der Waals surface area contributed by atoms with Crippen molar-refractivity contribution in [3.8, 4) is 0 Å². The van der Waals surface area contributed by atoms with Gasteiger partial charge in [0, 0.05) is 0 Å². The molecule has 1 N–H and O–H groups in total. The summed E-state index contributed by atoms with van der Waals surface area (Å²) in [4.78, 5) is 0. The second kappa shape index (κ2) is 1.97. The topological polar surface area (TPSA) is 20.2 Å². The van der Waals surface area contributed by atoms with Crippen molar-refractivity contribution in [2.45, 2.75) is 45.1 Å². The Kier molecular flexibility index (Phi) is 1.31. The third-order valence-electron chi connectivity index (χ3n) is 3.36. The van der Waals surface area contributed by atoms with Crippen molar-refractivity contribution in [2.75, 3.05) is 0 Å². The summed E-state index contributed by atoms with van der Waals surface area (Å²) >= 11 is 0. The van der Waals surface area contributed by atoms with Crippen LogP contribution in [0.25, 0.3) is 0 Å². The van der Waals surface area contributed by atoms with Gasteiger partial charge in [-0.15, -0.1) is 0 Å². The second-order valence-corrected chi connectivity index (χ2v) is 4.03. The Labute approximate surface area is 62.4 Å². The minimum Gasteiger partial charge on any atom is -0.393 e. The molecule has 0 saturated heterocycles. The Balaban J connectivity index is 1.92. The summed E-state index contributed by atoms with van der Waals surface area (Å²) in [5, 5.41) is 9.41. The van der Waals surface area contributed by atoms with E-state index in [4.69, 9.17) is 0 Å². The molecule has 0 aliphatic heterocycles. The van der Waals surface area contributed by atoms with Crippen LogP contribution in [0.3, 0.4) is 0 Å². The largest absolute Gasteiger partial charge is 0.393 e. The van der Waals surface area contributed by atoms with Gasteiger partial charge in [0.25, 0.3) is 0 Å². The fourth-order valence-corrected chi connectivity index (χ4v) is 2.50. The second-order valence-electron chi connectivity index (χ2n) is 4.03. The lowest BCUT2D eigenvalue weighted by atomic mass is 9.66. The number of hydrogen-bond acceptors (Lipinski definition) is 1. The van der Waals surface area contributed by atoms with Crippen molar-refractivity contribution in [1.29, 1.82) is 0 Å². The fourth-order valence-electron chi connectivity index (χ4n) is 2.50. The van der Waals surface area contributed by atoms with E-state index in [0.717, 1.165) is 6.42 Å². The molecular weight excluding hydrogens is 124 g/mol. The zero-order chi connectivity index (χ0) is 7.19. The van der Waals surface area contributed by atoms with E-state index in [2.05, 4.69) is 6.92 Å². The van der Waals surface area contributed by atoms with Crippen molar-refractivity contribution in [1.82, 2.24) is 0 Å². The first-order valence-corrected chi connectivity index (χ1v) is 4.46. The Bertz CT molecular complexity index is 138. The minimum absolute atomic E-state index is 0.0578. The van der Waals surface area contributed by atoms with Gasteiger partial charge in [-0.25, -0.2) is 0 Å². The van der Waals surface area contributed by atoms with Gasteiger partial charge in [-0.2, -0.15) is 0 Å². The molecule has 0 aromatic carbocycles. The molecule has 2 saturated carbocycles. The Morgan fingerprint density at radius 1 is 1.50 bits per heavy atom. The van der Waals surface area contributed by atoms with Gasteiger partial charge in [-0.1, -0.05) is 13.3 Å². The highest BCUT2D eigenvalue weighted by atomic mass is 16.3. The summed E-state index contributed by atoms with van der Waals surface area (Å²) in [6.45, 7) is 2.21. The first kappa shape index (κ1) is 6.66. The SMILES string of the molecule is CCCC1C(O)CC12CC2. The fraction of sp³-hybridized carbons (Fsp3) is 1.00. The summed E-state index contributed by atoms with van der Waals surface area (Å²) in [6, 6.07) is 0. The van der Waals surface area contributed by atoms with Crippen LogP contribution >= 0.6 is 0 Å². The molecular formula is C9H16O. The lowest BCUT2D eigenvalue weighted by Gasteiger charge is -2.42. The van der Waals surface area contributed by atoms with Gasteiger partial charge in [0.05, 0.1) is 6.10 Å². The maximum Gasteiger partial charge on any atom is 0.0579 e. The molecule has 1 nitrogen and oxygen atoms in total. The van der Waals surface area contributed by atoms with Crippen LogP contribution < -0.4 is 0 Å². The molecule has 2 atom stereocenters. The molecule has 10 heavy (non-hydrogen) atoms. The Morgan fingerprint density at radius 3 is 2.60 bits per heavy atom. The van der Waals surface area contributed by atoms with E-state index in [0.29, 0.717) is 11.3 Å². The molecule has 2 rings (SSSR count). The molecule has 2 aliphatic carbocycles. The molecule has 0 aromatic heterocycles. The third-order valence-corrected chi connectivity index (χ3v) is 3.36. The summed E-state index contributed by atoms with van der Waals surface area (Å²) < 4.78 is 0. The van der Waals surface area contributed by atoms with Crippen LogP contribution in [0, 0.1) is 11.3 Å². The molecule has 2 unspecified atom stereocenters. The minimum atomic E-state index is 0.0578. The molecule has 0 bridgehead atoms. The molecule has 0 radical (unpaired) electrons. The maximum atomic E-state index is 9.41. The third kappa shape index (κ3) is 0.731. The summed E-state index contributed by atoms with van der Waals surface area (Å²) in [7, 11) is 0. The van der Waals surface area contributed by atoms with Crippen molar-refractivity contribution < 1.29 is 5.11 Å². The van der Waals surface area contributed by atoms with Crippen molar-refractivity contribution in [3.63, 3.8) is 0 Å². The van der Waals surface area contributed by atoms with Crippen LogP contribution in [0.2, 0.25) is 0 Å². The monoisotopic (exact) mass is 140 g/mol. The van der Waals surface area contributed by atoms with E-state index in [9.17, 15) is 5.11 Å². The van der Waals surface area contributed by atoms with Gasteiger partial charge in [0.15, 0.2) is 0 Å². The highest BCUT2D eigenvalue weighted by Crippen LogP contribution is 2.65. The van der Waals surface area contributed by atoms with Gasteiger partial charge in [-0.05, 0) is 37.0 Å². The lowest BCUT2D eigenvalue weighted by molar-refractivity contribution is -0.0537. The molecule has 2 fully saturated rings. The van der Waals surface area contributed by atoms with E-state index < -0.39 is 0 Å². The van der Waals surface area contributed by atoms with E-state index in [-0.39, 0.29) is 6.10 Å². The standard InChI is InChI=1S/C9H16O/c1-2-3-7-8(10)6-9(7)4-5-9/h7-8,10H,2-6H2,1H3. The molecule has 58 valence electrons. The van der Waals surface area contributed by atoms with Gasteiger partial charge < -0.3 is 5.11 Å². The number of rotatable bonds is 2. The number of aliphatic hydroxyl groups is 1. The lowest BCUT2D eigenvalue weighted by Crippen LogP contribution is -2.42. The van der Waals surface area contributed by atoms with Crippen molar-refractivity contribution in [2.24, 2.45) is 11.3 Å². The van der Waals surface area contributed by atoms with Gasteiger partial charge in [0.2, 0.25) is 0 Å². The van der Waals surface area contributed by atoms with E-state index in [1.54, 1.807) is 0 Å².